The highest BCUT2D eigenvalue weighted by molar-refractivity contribution is 7.26. The maximum absolute atomic E-state index is 6.24. The highest BCUT2D eigenvalue weighted by atomic mass is 32.1. The second-order valence-electron chi connectivity index (χ2n) is 5.99. The number of aromatic nitrogens is 1. The van der Waals surface area contributed by atoms with E-state index in [2.05, 4.69) is 41.4 Å². The van der Waals surface area contributed by atoms with Crippen LogP contribution in [0.25, 0.3) is 42.0 Å². The van der Waals surface area contributed by atoms with Crippen LogP contribution < -0.4 is 21.9 Å². The molecule has 6 heteroatoms. The molecular formula is C18H7B4NS. The van der Waals surface area contributed by atoms with Crippen molar-refractivity contribution in [3.8, 4) is 0 Å². The van der Waals surface area contributed by atoms with Gasteiger partial charge >= 0.3 is 0 Å². The molecule has 5 rings (SSSR count). The number of nitrogens with one attached hydrogen (secondary N) is 1. The predicted octanol–water partition coefficient (Wildman–Crippen LogP) is 0.864. The molecular weight excluding hydrogens is 306 g/mol. The van der Waals surface area contributed by atoms with E-state index < -0.39 is 0 Å². The SMILES string of the molecule is [B]c1c([B])c([B])c2c([nH]c3c2ccc2c4ccccc4sc23)c1[B]. The van der Waals surface area contributed by atoms with Crippen molar-refractivity contribution < 1.29 is 0 Å². The Morgan fingerprint density at radius 3 is 2.21 bits per heavy atom. The van der Waals surface area contributed by atoms with Crippen molar-refractivity contribution in [3.05, 3.63) is 36.4 Å². The number of aromatic amines is 1. The fraction of sp³-hybridized carbons (Fsp3) is 0. The maximum Gasteiger partial charge on any atom is 0.115 e. The summed E-state index contributed by atoms with van der Waals surface area (Å²) in [4.78, 5) is 3.43. The van der Waals surface area contributed by atoms with E-state index >= 15 is 0 Å². The molecule has 0 spiro atoms. The molecule has 0 bridgehead atoms. The summed E-state index contributed by atoms with van der Waals surface area (Å²) in [6.07, 6.45) is 0. The van der Waals surface area contributed by atoms with Gasteiger partial charge in [0.1, 0.15) is 31.4 Å². The first-order chi connectivity index (χ1) is 11.6. The minimum Gasteiger partial charge on any atom is -0.354 e. The third kappa shape index (κ3) is 1.65. The van der Waals surface area contributed by atoms with Crippen molar-refractivity contribution in [2.75, 3.05) is 0 Å². The molecule has 5 aromatic rings. The van der Waals surface area contributed by atoms with Gasteiger partial charge in [-0.05, 0) is 11.5 Å². The van der Waals surface area contributed by atoms with Crippen LogP contribution in [0.3, 0.4) is 0 Å². The summed E-state index contributed by atoms with van der Waals surface area (Å²) in [6, 6.07) is 12.6. The lowest BCUT2D eigenvalue weighted by Crippen LogP contribution is -2.47. The van der Waals surface area contributed by atoms with Crippen LogP contribution >= 0.6 is 11.3 Å². The van der Waals surface area contributed by atoms with Gasteiger partial charge in [0.2, 0.25) is 0 Å². The van der Waals surface area contributed by atoms with Gasteiger partial charge in [-0.2, -0.15) is 0 Å². The van der Waals surface area contributed by atoms with Crippen molar-refractivity contribution in [2.45, 2.75) is 0 Å². The number of hydrogen-bond donors (Lipinski definition) is 1. The Morgan fingerprint density at radius 1 is 0.667 bits per heavy atom. The van der Waals surface area contributed by atoms with Crippen molar-refractivity contribution in [3.63, 3.8) is 0 Å². The van der Waals surface area contributed by atoms with Gasteiger partial charge in [-0.1, -0.05) is 41.3 Å². The molecule has 2 heterocycles. The first-order valence-electron chi connectivity index (χ1n) is 7.55. The van der Waals surface area contributed by atoms with Gasteiger partial charge < -0.3 is 4.98 Å². The zero-order valence-corrected chi connectivity index (χ0v) is 13.5. The fourth-order valence-electron chi connectivity index (χ4n) is 3.48. The Balaban J connectivity index is 2.08. The van der Waals surface area contributed by atoms with E-state index in [1.54, 1.807) is 11.3 Å². The van der Waals surface area contributed by atoms with Crippen molar-refractivity contribution >= 4 is 107 Å². The highest BCUT2D eigenvalue weighted by Gasteiger charge is 2.16. The Labute approximate surface area is 148 Å². The van der Waals surface area contributed by atoms with E-state index in [0.717, 1.165) is 21.8 Å². The first-order valence-corrected chi connectivity index (χ1v) is 8.37. The Kier molecular flexibility index (Phi) is 2.82. The molecule has 1 nitrogen and oxygen atoms in total. The highest BCUT2D eigenvalue weighted by Crippen LogP contribution is 2.39. The van der Waals surface area contributed by atoms with E-state index in [0.29, 0.717) is 21.9 Å². The van der Waals surface area contributed by atoms with Crippen molar-refractivity contribution in [1.29, 1.82) is 0 Å². The third-order valence-corrected chi connectivity index (χ3v) is 5.93. The lowest BCUT2D eigenvalue weighted by Gasteiger charge is -2.12. The van der Waals surface area contributed by atoms with Gasteiger partial charge in [0, 0.05) is 26.4 Å². The maximum atomic E-state index is 6.24. The topological polar surface area (TPSA) is 15.8 Å². The predicted molar refractivity (Wildman–Crippen MR) is 110 cm³/mol. The van der Waals surface area contributed by atoms with E-state index in [-0.39, 0.29) is 0 Å². The summed E-state index contributed by atoms with van der Waals surface area (Å²) in [5.74, 6) is 0. The largest absolute Gasteiger partial charge is 0.354 e. The molecule has 24 heavy (non-hydrogen) atoms. The molecule has 0 saturated carbocycles. The zero-order chi connectivity index (χ0) is 16.6. The standard InChI is InChI=1S/C18H7B4NS/c19-12-11-9-6-5-8-7-3-1-2-4-10(7)24-18(8)16(9)23-17(11)15(22)14(21)13(12)20/h1-6,23H. The van der Waals surface area contributed by atoms with Crippen LogP contribution in [0.1, 0.15) is 0 Å². The lowest BCUT2D eigenvalue weighted by molar-refractivity contribution is 1.60. The normalized spacial score (nSPS) is 12.0. The third-order valence-electron chi connectivity index (χ3n) is 4.73. The molecule has 3 aromatic carbocycles. The van der Waals surface area contributed by atoms with Crippen LogP contribution in [0.15, 0.2) is 36.4 Å². The van der Waals surface area contributed by atoms with E-state index in [1.807, 2.05) is 0 Å². The van der Waals surface area contributed by atoms with Gasteiger partial charge in [-0.25, -0.2) is 0 Å². The van der Waals surface area contributed by atoms with Gasteiger partial charge in [0.15, 0.2) is 0 Å². The number of H-pyrrole nitrogens is 1. The summed E-state index contributed by atoms with van der Waals surface area (Å²) < 4.78 is 2.43. The number of hydrogen-bond acceptors (Lipinski definition) is 1. The minimum absolute atomic E-state index is 0.333. The van der Waals surface area contributed by atoms with Crippen LogP contribution in [0.5, 0.6) is 0 Å². The zero-order valence-electron chi connectivity index (χ0n) is 12.7. The average Bonchev–Trinajstić information content (AvgIpc) is 3.16. The van der Waals surface area contributed by atoms with Gasteiger partial charge in [-0.15, -0.1) is 22.3 Å². The van der Waals surface area contributed by atoms with E-state index in [4.69, 9.17) is 31.4 Å². The van der Waals surface area contributed by atoms with Crippen LogP contribution in [0.4, 0.5) is 0 Å². The number of thiophene rings is 1. The molecule has 8 radical (unpaired) electrons. The lowest BCUT2D eigenvalue weighted by atomic mass is 9.65. The molecule has 0 aliphatic carbocycles. The summed E-state index contributed by atoms with van der Waals surface area (Å²) in [7, 11) is 24.5. The number of benzene rings is 3. The molecule has 0 unspecified atom stereocenters. The van der Waals surface area contributed by atoms with E-state index in [1.165, 1.54) is 20.2 Å². The monoisotopic (exact) mass is 313 g/mol. The average molecular weight is 313 g/mol. The van der Waals surface area contributed by atoms with Crippen LogP contribution in [-0.4, -0.2) is 36.4 Å². The van der Waals surface area contributed by atoms with Crippen LogP contribution in [-0.2, 0) is 0 Å². The van der Waals surface area contributed by atoms with Gasteiger partial charge in [0.05, 0.1) is 10.2 Å². The van der Waals surface area contributed by atoms with Crippen LogP contribution in [0.2, 0.25) is 0 Å². The Morgan fingerprint density at radius 2 is 1.38 bits per heavy atom. The molecule has 0 amide bonds. The number of rotatable bonds is 0. The summed E-state index contributed by atoms with van der Waals surface area (Å²) >= 11 is 1.75. The summed E-state index contributed by atoms with van der Waals surface area (Å²) in [6.45, 7) is 0. The summed E-state index contributed by atoms with van der Waals surface area (Å²) in [5, 5.41) is 4.32. The molecule has 0 aliphatic rings. The second-order valence-corrected chi connectivity index (χ2v) is 7.04. The first kappa shape index (κ1) is 14.3. The molecule has 0 atom stereocenters. The molecule has 0 fully saturated rings. The second kappa shape index (κ2) is 4.73. The Bertz CT molecular complexity index is 1300. The van der Waals surface area contributed by atoms with Crippen molar-refractivity contribution in [2.24, 2.45) is 0 Å². The minimum atomic E-state index is 0.333. The molecule has 0 aliphatic heterocycles. The summed E-state index contributed by atoms with van der Waals surface area (Å²) in [5.41, 5.74) is 3.37. The fourth-order valence-corrected chi connectivity index (χ4v) is 4.69. The van der Waals surface area contributed by atoms with Gasteiger partial charge in [-0.3, -0.25) is 0 Å². The van der Waals surface area contributed by atoms with Gasteiger partial charge in [0.25, 0.3) is 0 Å². The van der Waals surface area contributed by atoms with Crippen LogP contribution in [0, 0.1) is 0 Å². The van der Waals surface area contributed by atoms with Crippen molar-refractivity contribution in [1.82, 2.24) is 4.98 Å². The molecule has 1 N–H and O–H groups in total. The van der Waals surface area contributed by atoms with E-state index in [9.17, 15) is 0 Å². The molecule has 0 saturated heterocycles. The quantitative estimate of drug-likeness (QED) is 0.408. The molecule has 102 valence electrons. The smallest absolute Gasteiger partial charge is 0.115 e. The number of fused-ring (bicyclic) bond motifs is 7. The molecule has 2 aromatic heterocycles. The Hall–Kier alpha value is -2.06.